The molecule has 0 saturated carbocycles. The van der Waals surface area contributed by atoms with Gasteiger partial charge in [0, 0.05) is 38.8 Å². The van der Waals surface area contributed by atoms with Gasteiger partial charge in [-0.25, -0.2) is 0 Å². The van der Waals surface area contributed by atoms with Crippen LogP contribution in [-0.2, 0) is 4.74 Å². The Balaban J connectivity index is 1.83. The minimum absolute atomic E-state index is 0.498. The Labute approximate surface area is 80.4 Å². The minimum atomic E-state index is 0.498. The normalized spacial score (nSPS) is 33.5. The standard InChI is InChI=1S/C10H20N2O/c1-9(10-3-2-8-13-10)12-6-4-11-5-7-12/h9-11H,2-8H2,1H3. The summed E-state index contributed by atoms with van der Waals surface area (Å²) in [5, 5.41) is 3.38. The van der Waals surface area contributed by atoms with Crippen LogP contribution in [0.1, 0.15) is 19.8 Å². The first-order valence-corrected chi connectivity index (χ1v) is 5.44. The van der Waals surface area contributed by atoms with Gasteiger partial charge in [0.15, 0.2) is 0 Å². The summed E-state index contributed by atoms with van der Waals surface area (Å²) in [7, 11) is 0. The predicted molar refractivity (Wildman–Crippen MR) is 52.9 cm³/mol. The first-order chi connectivity index (χ1) is 6.38. The summed E-state index contributed by atoms with van der Waals surface area (Å²) in [6.07, 6.45) is 3.00. The lowest BCUT2D eigenvalue weighted by Gasteiger charge is -2.35. The van der Waals surface area contributed by atoms with Gasteiger partial charge in [-0.3, -0.25) is 4.90 Å². The molecule has 0 aliphatic carbocycles. The maximum atomic E-state index is 5.71. The van der Waals surface area contributed by atoms with E-state index in [4.69, 9.17) is 4.74 Å². The fraction of sp³-hybridized carbons (Fsp3) is 1.00. The average Bonchev–Trinajstić information content (AvgIpc) is 2.71. The number of hydrogen-bond donors (Lipinski definition) is 1. The van der Waals surface area contributed by atoms with Crippen molar-refractivity contribution in [2.75, 3.05) is 32.8 Å². The molecular formula is C10H20N2O. The highest BCUT2D eigenvalue weighted by Gasteiger charge is 2.27. The molecule has 0 bridgehead atoms. The number of nitrogens with zero attached hydrogens (tertiary/aromatic N) is 1. The van der Waals surface area contributed by atoms with Crippen LogP contribution in [0.4, 0.5) is 0 Å². The third-order valence-corrected chi connectivity index (χ3v) is 3.23. The second kappa shape index (κ2) is 4.40. The van der Waals surface area contributed by atoms with Crippen molar-refractivity contribution in [2.45, 2.75) is 31.9 Å². The number of nitrogens with one attached hydrogen (secondary N) is 1. The highest BCUT2D eigenvalue weighted by atomic mass is 16.5. The van der Waals surface area contributed by atoms with Crippen molar-refractivity contribution in [1.82, 2.24) is 10.2 Å². The quantitative estimate of drug-likeness (QED) is 0.675. The summed E-state index contributed by atoms with van der Waals surface area (Å²) in [5.41, 5.74) is 0. The van der Waals surface area contributed by atoms with Crippen LogP contribution < -0.4 is 5.32 Å². The van der Waals surface area contributed by atoms with Gasteiger partial charge in [-0.2, -0.15) is 0 Å². The second-order valence-electron chi connectivity index (χ2n) is 4.08. The van der Waals surface area contributed by atoms with Crippen LogP contribution in [0.2, 0.25) is 0 Å². The highest BCUT2D eigenvalue weighted by molar-refractivity contribution is 4.82. The molecule has 0 amide bonds. The molecule has 0 spiro atoms. The second-order valence-corrected chi connectivity index (χ2v) is 4.08. The van der Waals surface area contributed by atoms with E-state index in [2.05, 4.69) is 17.1 Å². The summed E-state index contributed by atoms with van der Waals surface area (Å²) in [6, 6.07) is 0.615. The van der Waals surface area contributed by atoms with E-state index in [0.717, 1.165) is 19.7 Å². The third-order valence-electron chi connectivity index (χ3n) is 3.23. The van der Waals surface area contributed by atoms with Crippen LogP contribution in [-0.4, -0.2) is 49.8 Å². The molecule has 2 unspecified atom stereocenters. The van der Waals surface area contributed by atoms with Gasteiger partial charge in [0.25, 0.3) is 0 Å². The molecule has 2 heterocycles. The zero-order valence-corrected chi connectivity index (χ0v) is 8.46. The Kier molecular flexibility index (Phi) is 3.19. The number of rotatable bonds is 2. The molecule has 3 heteroatoms. The van der Waals surface area contributed by atoms with E-state index in [1.54, 1.807) is 0 Å². The van der Waals surface area contributed by atoms with Gasteiger partial charge in [0.05, 0.1) is 6.10 Å². The molecule has 2 rings (SSSR count). The SMILES string of the molecule is CC(C1CCCO1)N1CCNCC1. The lowest BCUT2D eigenvalue weighted by Crippen LogP contribution is -2.51. The van der Waals surface area contributed by atoms with Crippen molar-refractivity contribution in [1.29, 1.82) is 0 Å². The van der Waals surface area contributed by atoms with Crippen molar-refractivity contribution in [3.05, 3.63) is 0 Å². The monoisotopic (exact) mass is 184 g/mol. The van der Waals surface area contributed by atoms with Gasteiger partial charge in [0.2, 0.25) is 0 Å². The number of hydrogen-bond acceptors (Lipinski definition) is 3. The molecule has 2 aliphatic rings. The van der Waals surface area contributed by atoms with Gasteiger partial charge in [-0.05, 0) is 19.8 Å². The van der Waals surface area contributed by atoms with E-state index in [1.165, 1.54) is 25.9 Å². The fourth-order valence-electron chi connectivity index (χ4n) is 2.31. The zero-order chi connectivity index (χ0) is 9.10. The van der Waals surface area contributed by atoms with Crippen molar-refractivity contribution in [2.24, 2.45) is 0 Å². The molecule has 0 radical (unpaired) electrons. The minimum Gasteiger partial charge on any atom is -0.377 e. The molecule has 2 saturated heterocycles. The number of ether oxygens (including phenoxy) is 1. The third kappa shape index (κ3) is 2.22. The maximum absolute atomic E-state index is 5.71. The summed E-state index contributed by atoms with van der Waals surface area (Å²) in [5.74, 6) is 0. The van der Waals surface area contributed by atoms with Gasteiger partial charge in [-0.15, -0.1) is 0 Å². The molecule has 2 fully saturated rings. The van der Waals surface area contributed by atoms with Gasteiger partial charge in [0.1, 0.15) is 0 Å². The van der Waals surface area contributed by atoms with Crippen LogP contribution in [0.15, 0.2) is 0 Å². The van der Waals surface area contributed by atoms with Gasteiger partial charge < -0.3 is 10.1 Å². The predicted octanol–water partition coefficient (Wildman–Crippen LogP) is 0.459. The maximum Gasteiger partial charge on any atom is 0.0728 e. The largest absolute Gasteiger partial charge is 0.377 e. The summed E-state index contributed by atoms with van der Waals surface area (Å²) in [4.78, 5) is 2.55. The van der Waals surface area contributed by atoms with Crippen molar-refractivity contribution < 1.29 is 4.74 Å². The molecule has 0 aromatic rings. The Morgan fingerprint density at radius 3 is 2.77 bits per heavy atom. The van der Waals surface area contributed by atoms with Crippen molar-refractivity contribution >= 4 is 0 Å². The Morgan fingerprint density at radius 1 is 1.38 bits per heavy atom. The molecule has 0 aromatic heterocycles. The van der Waals surface area contributed by atoms with E-state index in [1.807, 2.05) is 0 Å². The highest BCUT2D eigenvalue weighted by Crippen LogP contribution is 2.19. The van der Waals surface area contributed by atoms with E-state index in [0.29, 0.717) is 12.1 Å². The first kappa shape index (κ1) is 9.44. The van der Waals surface area contributed by atoms with Gasteiger partial charge in [-0.1, -0.05) is 0 Å². The van der Waals surface area contributed by atoms with Gasteiger partial charge >= 0.3 is 0 Å². The van der Waals surface area contributed by atoms with Crippen LogP contribution in [0.5, 0.6) is 0 Å². The smallest absolute Gasteiger partial charge is 0.0728 e. The number of piperazine rings is 1. The molecule has 2 atom stereocenters. The van der Waals surface area contributed by atoms with E-state index < -0.39 is 0 Å². The molecular weight excluding hydrogens is 164 g/mol. The van der Waals surface area contributed by atoms with Crippen LogP contribution in [0, 0.1) is 0 Å². The van der Waals surface area contributed by atoms with E-state index in [9.17, 15) is 0 Å². The van der Waals surface area contributed by atoms with Crippen LogP contribution in [0.3, 0.4) is 0 Å². The molecule has 13 heavy (non-hydrogen) atoms. The summed E-state index contributed by atoms with van der Waals surface area (Å²) in [6.45, 7) is 7.92. The lowest BCUT2D eigenvalue weighted by atomic mass is 10.1. The zero-order valence-electron chi connectivity index (χ0n) is 8.46. The van der Waals surface area contributed by atoms with E-state index >= 15 is 0 Å². The van der Waals surface area contributed by atoms with E-state index in [-0.39, 0.29) is 0 Å². The first-order valence-electron chi connectivity index (χ1n) is 5.44. The summed E-state index contributed by atoms with van der Waals surface area (Å²) >= 11 is 0. The average molecular weight is 184 g/mol. The summed E-state index contributed by atoms with van der Waals surface area (Å²) < 4.78 is 5.71. The molecule has 1 N–H and O–H groups in total. The van der Waals surface area contributed by atoms with Crippen LogP contribution >= 0.6 is 0 Å². The van der Waals surface area contributed by atoms with Crippen molar-refractivity contribution in [3.8, 4) is 0 Å². The fourth-order valence-corrected chi connectivity index (χ4v) is 2.31. The Bertz CT molecular complexity index is 151. The molecule has 2 aliphatic heterocycles. The molecule has 3 nitrogen and oxygen atoms in total. The lowest BCUT2D eigenvalue weighted by molar-refractivity contribution is 0.0267. The van der Waals surface area contributed by atoms with Crippen LogP contribution in [0.25, 0.3) is 0 Å². The topological polar surface area (TPSA) is 24.5 Å². The Morgan fingerprint density at radius 2 is 2.15 bits per heavy atom. The Hall–Kier alpha value is -0.120. The molecule has 76 valence electrons. The molecule has 0 aromatic carbocycles. The van der Waals surface area contributed by atoms with Crippen molar-refractivity contribution in [3.63, 3.8) is 0 Å².